The fraction of sp³-hybridized carbons (Fsp3) is 0.441. The van der Waals surface area contributed by atoms with Crippen molar-refractivity contribution in [3.05, 3.63) is 77.6 Å². The first kappa shape index (κ1) is 35.9. The number of esters is 3. The van der Waals surface area contributed by atoms with Crippen LogP contribution < -0.4 is 4.74 Å². The van der Waals surface area contributed by atoms with E-state index in [-0.39, 0.29) is 49.3 Å². The Labute approximate surface area is 267 Å². The lowest BCUT2D eigenvalue weighted by Crippen LogP contribution is -2.32. The lowest BCUT2D eigenvalue weighted by atomic mass is 9.92. The van der Waals surface area contributed by atoms with E-state index in [9.17, 15) is 24.0 Å². The van der Waals surface area contributed by atoms with Crippen molar-refractivity contribution in [2.45, 2.75) is 71.2 Å². The summed E-state index contributed by atoms with van der Waals surface area (Å²) in [6, 6.07) is 14.8. The highest BCUT2D eigenvalue weighted by Crippen LogP contribution is 2.35. The molecular formula is C34H40O12. The third-order valence-electron chi connectivity index (χ3n) is 7.04. The number of carbonyl (C=O) groups excluding carboxylic acids is 5. The number of hydrogen-bond donors (Lipinski definition) is 0. The summed E-state index contributed by atoms with van der Waals surface area (Å²) in [6.45, 7) is 10.5. The zero-order chi connectivity index (χ0) is 34.0. The largest absolute Gasteiger partial charge is 0.516 e. The molecule has 12 nitrogen and oxygen atoms in total. The van der Waals surface area contributed by atoms with E-state index in [0.29, 0.717) is 18.4 Å². The molecule has 0 radical (unpaired) electrons. The van der Waals surface area contributed by atoms with Gasteiger partial charge in [0.2, 0.25) is 11.5 Å². The molecule has 2 aromatic rings. The van der Waals surface area contributed by atoms with E-state index >= 15 is 0 Å². The summed E-state index contributed by atoms with van der Waals surface area (Å²) >= 11 is 0. The van der Waals surface area contributed by atoms with Gasteiger partial charge in [-0.2, -0.15) is 0 Å². The Kier molecular flexibility index (Phi) is 12.2. The predicted octanol–water partition coefficient (Wildman–Crippen LogP) is 5.22. The summed E-state index contributed by atoms with van der Waals surface area (Å²) in [5.74, 6) is -2.88. The topological polar surface area (TPSA) is 150 Å². The number of para-hydroxylation sites is 1. The predicted molar refractivity (Wildman–Crippen MR) is 163 cm³/mol. The Morgan fingerprint density at radius 2 is 1.33 bits per heavy atom. The van der Waals surface area contributed by atoms with Gasteiger partial charge >= 0.3 is 24.1 Å². The summed E-state index contributed by atoms with van der Waals surface area (Å²) < 4.78 is 37.5. The molecule has 0 amide bonds. The standard InChI is InChI=1S/C34H40O12/c1-23(35)44-26-15-11-10-14-25(26)29(37)45-31(39)41-19-17-33(4,5)43-21-20-42-32(2,3)16-18-40-30(38)27-22-28(36)34(6,46-27)24-12-8-7-9-13-24/h7-15,22H,16-21H2,1-6H3. The molecule has 1 atom stereocenters. The summed E-state index contributed by atoms with van der Waals surface area (Å²) in [5.41, 5.74) is -2.08. The van der Waals surface area contributed by atoms with Crippen LogP contribution in [0.3, 0.4) is 0 Å². The first-order valence-electron chi connectivity index (χ1n) is 14.7. The van der Waals surface area contributed by atoms with Gasteiger partial charge in [-0.3, -0.25) is 9.59 Å². The number of hydrogen-bond acceptors (Lipinski definition) is 12. The number of ketones is 1. The Bertz CT molecular complexity index is 1440. The molecule has 1 heterocycles. The third kappa shape index (κ3) is 10.5. The second-order valence-corrected chi connectivity index (χ2v) is 11.8. The van der Waals surface area contributed by atoms with Gasteiger partial charge in [0, 0.05) is 31.4 Å². The van der Waals surface area contributed by atoms with E-state index in [2.05, 4.69) is 0 Å². The number of benzene rings is 2. The maximum Gasteiger partial charge on any atom is 0.516 e. The quantitative estimate of drug-likeness (QED) is 0.109. The van der Waals surface area contributed by atoms with Crippen molar-refractivity contribution in [1.29, 1.82) is 0 Å². The van der Waals surface area contributed by atoms with Crippen molar-refractivity contribution >= 4 is 29.8 Å². The van der Waals surface area contributed by atoms with Crippen LogP contribution >= 0.6 is 0 Å². The van der Waals surface area contributed by atoms with Crippen LogP contribution in [0.1, 0.15) is 70.3 Å². The minimum Gasteiger partial charge on any atom is -0.467 e. The minimum atomic E-state index is -1.28. The summed E-state index contributed by atoms with van der Waals surface area (Å²) in [4.78, 5) is 60.7. The first-order valence-corrected chi connectivity index (χ1v) is 14.7. The third-order valence-corrected chi connectivity index (χ3v) is 7.04. The van der Waals surface area contributed by atoms with Gasteiger partial charge in [0.15, 0.2) is 5.60 Å². The van der Waals surface area contributed by atoms with Gasteiger partial charge < -0.3 is 33.2 Å². The molecule has 248 valence electrons. The van der Waals surface area contributed by atoms with E-state index < -0.39 is 40.9 Å². The van der Waals surface area contributed by atoms with Gasteiger partial charge in [-0.15, -0.1) is 0 Å². The van der Waals surface area contributed by atoms with Crippen LogP contribution in [0.15, 0.2) is 66.4 Å². The Hall–Kier alpha value is -4.55. The van der Waals surface area contributed by atoms with Crippen LogP contribution in [0.5, 0.6) is 5.75 Å². The average molecular weight is 641 g/mol. The van der Waals surface area contributed by atoms with Crippen LogP contribution in [0.25, 0.3) is 0 Å². The van der Waals surface area contributed by atoms with Crippen molar-refractivity contribution in [2.24, 2.45) is 0 Å². The van der Waals surface area contributed by atoms with Crippen molar-refractivity contribution in [3.63, 3.8) is 0 Å². The number of ether oxygens (including phenoxy) is 7. The molecule has 1 aliphatic heterocycles. The molecule has 0 aliphatic carbocycles. The molecule has 0 bridgehead atoms. The lowest BCUT2D eigenvalue weighted by molar-refractivity contribution is -0.149. The molecule has 0 N–H and O–H groups in total. The normalized spacial score (nSPS) is 16.2. The fourth-order valence-electron chi connectivity index (χ4n) is 4.27. The maximum atomic E-state index is 12.6. The van der Waals surface area contributed by atoms with E-state index in [0.717, 1.165) is 6.08 Å². The molecule has 0 saturated carbocycles. The van der Waals surface area contributed by atoms with Crippen LogP contribution in [0.2, 0.25) is 0 Å². The molecular weight excluding hydrogens is 600 g/mol. The molecule has 0 fully saturated rings. The SMILES string of the molecule is CC(=O)Oc1ccccc1C(=O)OC(=O)OCCC(C)(C)OCCOC(C)(C)CCOC(=O)C1=CC(=O)C(C)(c2ccccc2)O1. The Morgan fingerprint density at radius 1 is 0.761 bits per heavy atom. The van der Waals surface area contributed by atoms with Crippen molar-refractivity contribution in [2.75, 3.05) is 26.4 Å². The van der Waals surface area contributed by atoms with E-state index in [1.807, 2.05) is 19.9 Å². The highest BCUT2D eigenvalue weighted by atomic mass is 16.7. The smallest absolute Gasteiger partial charge is 0.467 e. The van der Waals surface area contributed by atoms with E-state index in [1.54, 1.807) is 51.1 Å². The fourth-order valence-corrected chi connectivity index (χ4v) is 4.27. The molecule has 12 heteroatoms. The monoisotopic (exact) mass is 640 g/mol. The minimum absolute atomic E-state index is 0.0329. The van der Waals surface area contributed by atoms with Gasteiger partial charge in [0.1, 0.15) is 11.3 Å². The zero-order valence-electron chi connectivity index (χ0n) is 26.9. The molecule has 1 aliphatic rings. The summed E-state index contributed by atoms with van der Waals surface area (Å²) in [6.07, 6.45) is 0.636. The van der Waals surface area contributed by atoms with Gasteiger partial charge in [-0.1, -0.05) is 42.5 Å². The van der Waals surface area contributed by atoms with Gasteiger partial charge in [-0.05, 0) is 46.8 Å². The molecule has 2 aromatic carbocycles. The molecule has 46 heavy (non-hydrogen) atoms. The van der Waals surface area contributed by atoms with E-state index in [1.165, 1.54) is 25.1 Å². The van der Waals surface area contributed by atoms with Gasteiger partial charge in [0.25, 0.3) is 0 Å². The van der Waals surface area contributed by atoms with Crippen LogP contribution in [0.4, 0.5) is 4.79 Å². The van der Waals surface area contributed by atoms with Crippen molar-refractivity contribution < 1.29 is 57.1 Å². The molecule has 0 saturated heterocycles. The average Bonchev–Trinajstić information content (AvgIpc) is 3.30. The lowest BCUT2D eigenvalue weighted by Gasteiger charge is -2.28. The second kappa shape index (κ2) is 15.6. The maximum absolute atomic E-state index is 12.6. The highest BCUT2D eigenvalue weighted by Gasteiger charge is 2.44. The first-order chi connectivity index (χ1) is 21.6. The Balaban J connectivity index is 1.32. The zero-order valence-corrected chi connectivity index (χ0v) is 26.9. The van der Waals surface area contributed by atoms with Gasteiger partial charge in [0.05, 0.1) is 37.6 Å². The summed E-state index contributed by atoms with van der Waals surface area (Å²) in [5, 5.41) is 0. The Morgan fingerprint density at radius 3 is 1.93 bits per heavy atom. The van der Waals surface area contributed by atoms with Crippen LogP contribution in [-0.2, 0) is 48.4 Å². The molecule has 1 unspecified atom stereocenters. The summed E-state index contributed by atoms with van der Waals surface area (Å²) in [7, 11) is 0. The van der Waals surface area contributed by atoms with Gasteiger partial charge in [-0.25, -0.2) is 14.4 Å². The van der Waals surface area contributed by atoms with Crippen LogP contribution in [0, 0.1) is 0 Å². The van der Waals surface area contributed by atoms with Crippen LogP contribution in [-0.4, -0.2) is 67.5 Å². The number of carbonyl (C=O) groups is 5. The second-order valence-electron chi connectivity index (χ2n) is 11.8. The molecule has 3 rings (SSSR count). The number of rotatable bonds is 15. The van der Waals surface area contributed by atoms with E-state index in [4.69, 9.17) is 33.2 Å². The highest BCUT2D eigenvalue weighted by molar-refractivity contribution is 6.06. The molecule has 0 aromatic heterocycles. The molecule has 0 spiro atoms. The van der Waals surface area contributed by atoms with Crippen molar-refractivity contribution in [1.82, 2.24) is 0 Å². The van der Waals surface area contributed by atoms with Crippen molar-refractivity contribution in [3.8, 4) is 5.75 Å².